The monoisotopic (exact) mass is 433 g/mol. The number of ether oxygens (including phenoxy) is 2. The van der Waals surface area contributed by atoms with Gasteiger partial charge in [0.15, 0.2) is 5.41 Å². The second-order valence-corrected chi connectivity index (χ2v) is 8.89. The zero-order chi connectivity index (χ0) is 22.5. The number of anilines is 1. The second kappa shape index (κ2) is 10.1. The smallest absolute Gasteiger partial charge is 0.323 e. The van der Waals surface area contributed by atoms with Crippen LogP contribution in [-0.2, 0) is 29.9 Å². The predicted molar refractivity (Wildman–Crippen MR) is 118 cm³/mol. The Kier molecular flexibility index (Phi) is 8.01. The van der Waals surface area contributed by atoms with Gasteiger partial charge in [-0.1, -0.05) is 30.4 Å². The normalized spacial score (nSPS) is 19.3. The van der Waals surface area contributed by atoms with Crippen LogP contribution < -0.4 is 4.90 Å². The van der Waals surface area contributed by atoms with E-state index in [2.05, 4.69) is 6.58 Å². The van der Waals surface area contributed by atoms with Gasteiger partial charge in [0.1, 0.15) is 0 Å². The van der Waals surface area contributed by atoms with E-state index in [4.69, 9.17) is 9.47 Å². The van der Waals surface area contributed by atoms with Gasteiger partial charge in [-0.25, -0.2) is 4.21 Å². The third kappa shape index (κ3) is 4.51. The molecule has 1 saturated carbocycles. The van der Waals surface area contributed by atoms with Gasteiger partial charge < -0.3 is 14.4 Å². The number of rotatable bonds is 8. The van der Waals surface area contributed by atoms with Gasteiger partial charge in [0, 0.05) is 24.9 Å². The van der Waals surface area contributed by atoms with Crippen molar-refractivity contribution in [3.05, 3.63) is 47.4 Å². The van der Waals surface area contributed by atoms with Gasteiger partial charge in [-0.15, -0.1) is 0 Å². The molecule has 164 valence electrons. The van der Waals surface area contributed by atoms with E-state index < -0.39 is 28.2 Å². The van der Waals surface area contributed by atoms with Crippen molar-refractivity contribution < 1.29 is 23.3 Å². The molecule has 1 aliphatic carbocycles. The summed E-state index contributed by atoms with van der Waals surface area (Å²) in [6.07, 6.45) is 2.06. The summed E-state index contributed by atoms with van der Waals surface area (Å²) in [6.45, 7) is 9.65. The Labute approximate surface area is 181 Å². The van der Waals surface area contributed by atoms with Gasteiger partial charge in [-0.3, -0.25) is 9.59 Å². The molecule has 0 spiro atoms. The lowest BCUT2D eigenvalue weighted by atomic mass is 9.85. The molecule has 2 rings (SSSR count). The lowest BCUT2D eigenvalue weighted by molar-refractivity contribution is -0.171. The molecular formula is C23H31NO5S. The fraction of sp³-hybridized carbons (Fsp3) is 0.478. The molecule has 0 saturated heterocycles. The molecule has 7 heteroatoms. The van der Waals surface area contributed by atoms with Crippen LogP contribution in [0.15, 0.2) is 52.3 Å². The summed E-state index contributed by atoms with van der Waals surface area (Å²) in [5.74, 6) is -1.61. The molecule has 0 aromatic heterocycles. The number of hydrogen-bond acceptors (Lipinski definition) is 6. The first-order valence-electron chi connectivity index (χ1n) is 10.1. The summed E-state index contributed by atoms with van der Waals surface area (Å²) in [6, 6.07) is 7.48. The van der Waals surface area contributed by atoms with Gasteiger partial charge in [-0.2, -0.15) is 0 Å². The number of esters is 2. The Morgan fingerprint density at radius 3 is 2.27 bits per heavy atom. The van der Waals surface area contributed by atoms with E-state index in [1.807, 2.05) is 50.2 Å². The standard InChI is InChI=1S/C23H31NO5S/c1-7-19(30(27)20-13-11-10-12-18(20)24(5)6)17-15-23(14-16(17)4,21(25)28-8-2)22(26)29-9-3/h7,10-13,17H,4,8-9,14-15H2,1-3,5-6H3/b19-7+/t17-,30?/m0/s1. The van der Waals surface area contributed by atoms with Gasteiger partial charge in [-0.05, 0) is 45.7 Å². The van der Waals surface area contributed by atoms with Crippen LogP contribution in [0.1, 0.15) is 33.6 Å². The Morgan fingerprint density at radius 2 is 1.77 bits per heavy atom. The van der Waals surface area contributed by atoms with Crippen molar-refractivity contribution in [2.75, 3.05) is 32.2 Å². The summed E-state index contributed by atoms with van der Waals surface area (Å²) in [5.41, 5.74) is 0.0774. The van der Waals surface area contributed by atoms with Crippen molar-refractivity contribution in [2.24, 2.45) is 11.3 Å². The number of carbonyl (C=O) groups is 2. The molecule has 30 heavy (non-hydrogen) atoms. The van der Waals surface area contributed by atoms with Gasteiger partial charge in [0.2, 0.25) is 0 Å². The van der Waals surface area contributed by atoms with Crippen LogP contribution in [0, 0.1) is 11.3 Å². The molecule has 0 radical (unpaired) electrons. The maximum absolute atomic E-state index is 13.6. The molecule has 1 fully saturated rings. The highest BCUT2D eigenvalue weighted by atomic mass is 32.2. The van der Waals surface area contributed by atoms with Crippen molar-refractivity contribution in [1.82, 2.24) is 0 Å². The van der Waals surface area contributed by atoms with E-state index >= 15 is 0 Å². The molecule has 2 atom stereocenters. The number of benzene rings is 1. The first-order chi connectivity index (χ1) is 14.2. The average molecular weight is 434 g/mol. The fourth-order valence-electron chi connectivity index (χ4n) is 3.86. The summed E-state index contributed by atoms with van der Waals surface area (Å²) in [5, 5.41) is 0. The number of allylic oxidation sites excluding steroid dienone is 3. The molecule has 1 unspecified atom stereocenters. The van der Waals surface area contributed by atoms with Crippen LogP contribution in [0.4, 0.5) is 5.69 Å². The van der Waals surface area contributed by atoms with Gasteiger partial charge in [0.25, 0.3) is 0 Å². The molecule has 0 heterocycles. The average Bonchev–Trinajstić information content (AvgIpc) is 3.07. The third-order valence-electron chi connectivity index (χ3n) is 5.30. The van der Waals surface area contributed by atoms with Crippen molar-refractivity contribution >= 4 is 28.4 Å². The third-order valence-corrected chi connectivity index (χ3v) is 6.99. The Hall–Kier alpha value is -2.41. The highest BCUT2D eigenvalue weighted by Crippen LogP contribution is 2.50. The quantitative estimate of drug-likeness (QED) is 0.352. The SMILES string of the molecule is C=C1CC(C(=O)OCC)(C(=O)OCC)C[C@@H]1/C(=C\C)S(=O)c1ccccc1N(C)C. The van der Waals surface area contributed by atoms with Crippen molar-refractivity contribution in [3.8, 4) is 0 Å². The van der Waals surface area contributed by atoms with Crippen LogP contribution in [0.5, 0.6) is 0 Å². The molecule has 1 aromatic carbocycles. The van der Waals surface area contributed by atoms with E-state index in [-0.39, 0.29) is 32.0 Å². The molecule has 6 nitrogen and oxygen atoms in total. The lowest BCUT2D eigenvalue weighted by Crippen LogP contribution is -2.40. The maximum atomic E-state index is 13.6. The van der Waals surface area contributed by atoms with Crippen LogP contribution in [0.25, 0.3) is 0 Å². The molecule has 1 aliphatic rings. The predicted octanol–water partition coefficient (Wildman–Crippen LogP) is 3.84. The van der Waals surface area contributed by atoms with Crippen molar-refractivity contribution in [1.29, 1.82) is 0 Å². The minimum atomic E-state index is -1.48. The van der Waals surface area contributed by atoms with E-state index in [9.17, 15) is 13.8 Å². The second-order valence-electron chi connectivity index (χ2n) is 7.44. The first kappa shape index (κ1) is 23.9. The van der Waals surface area contributed by atoms with E-state index in [1.54, 1.807) is 19.9 Å². The largest absolute Gasteiger partial charge is 0.465 e. The van der Waals surface area contributed by atoms with Crippen LogP contribution >= 0.6 is 0 Å². The summed E-state index contributed by atoms with van der Waals surface area (Å²) >= 11 is 0. The van der Waals surface area contributed by atoms with E-state index in [1.165, 1.54) is 0 Å². The minimum absolute atomic E-state index is 0.124. The highest BCUT2D eigenvalue weighted by molar-refractivity contribution is 7.89. The summed E-state index contributed by atoms with van der Waals surface area (Å²) in [4.78, 5) is 28.8. The van der Waals surface area contributed by atoms with Gasteiger partial charge in [0.05, 0.1) is 34.6 Å². The number of hydrogen-bond donors (Lipinski definition) is 0. The molecule has 1 aromatic rings. The molecule has 0 bridgehead atoms. The Balaban J connectivity index is 2.45. The van der Waals surface area contributed by atoms with E-state index in [0.717, 1.165) is 5.69 Å². The van der Waals surface area contributed by atoms with Crippen LogP contribution in [0.2, 0.25) is 0 Å². The fourth-order valence-corrected chi connectivity index (χ4v) is 5.48. The summed E-state index contributed by atoms with van der Waals surface area (Å²) in [7, 11) is 2.31. The first-order valence-corrected chi connectivity index (χ1v) is 11.2. The lowest BCUT2D eigenvalue weighted by Gasteiger charge is -2.25. The summed E-state index contributed by atoms with van der Waals surface area (Å²) < 4.78 is 24.0. The molecule has 0 aliphatic heterocycles. The molecular weight excluding hydrogens is 402 g/mol. The Bertz CT molecular complexity index is 856. The zero-order valence-corrected chi connectivity index (χ0v) is 19.2. The minimum Gasteiger partial charge on any atom is -0.465 e. The topological polar surface area (TPSA) is 72.9 Å². The van der Waals surface area contributed by atoms with E-state index in [0.29, 0.717) is 15.4 Å². The Morgan fingerprint density at radius 1 is 1.20 bits per heavy atom. The van der Waals surface area contributed by atoms with Crippen molar-refractivity contribution in [2.45, 2.75) is 38.5 Å². The van der Waals surface area contributed by atoms with Crippen molar-refractivity contribution in [3.63, 3.8) is 0 Å². The maximum Gasteiger partial charge on any atom is 0.323 e. The number of nitrogens with zero attached hydrogens (tertiary/aromatic N) is 1. The van der Waals surface area contributed by atoms with Crippen LogP contribution in [0.3, 0.4) is 0 Å². The van der Waals surface area contributed by atoms with Crippen LogP contribution in [-0.4, -0.2) is 43.5 Å². The highest BCUT2D eigenvalue weighted by Gasteiger charge is 2.56. The molecule has 0 amide bonds. The number of para-hydroxylation sites is 1. The number of carbonyl (C=O) groups excluding carboxylic acids is 2. The molecule has 0 N–H and O–H groups in total. The zero-order valence-electron chi connectivity index (χ0n) is 18.4. The van der Waals surface area contributed by atoms with Gasteiger partial charge >= 0.3 is 11.9 Å².